The highest BCUT2D eigenvalue weighted by molar-refractivity contribution is 5.94. The zero-order chi connectivity index (χ0) is 19.1. The number of rotatable bonds is 4. The van der Waals surface area contributed by atoms with E-state index >= 15 is 0 Å². The van der Waals surface area contributed by atoms with Gasteiger partial charge in [-0.05, 0) is 11.6 Å². The number of carbonyl (C=O) groups is 1. The lowest BCUT2D eigenvalue weighted by Crippen LogP contribution is -2.67. The highest BCUT2D eigenvalue weighted by Gasteiger charge is 2.56. The van der Waals surface area contributed by atoms with Gasteiger partial charge in [-0.2, -0.15) is 0 Å². The van der Waals surface area contributed by atoms with E-state index in [0.717, 1.165) is 6.26 Å². The second kappa shape index (κ2) is 7.08. The summed E-state index contributed by atoms with van der Waals surface area (Å²) < 4.78 is 20.6. The van der Waals surface area contributed by atoms with E-state index < -0.39 is 55.2 Å². The molecule has 3 aliphatic heterocycles. The van der Waals surface area contributed by atoms with Gasteiger partial charge in [0.15, 0.2) is 6.10 Å². The first-order chi connectivity index (χ1) is 12.3. The van der Waals surface area contributed by atoms with Crippen molar-refractivity contribution in [3.8, 4) is 0 Å². The van der Waals surface area contributed by atoms with Gasteiger partial charge < -0.3 is 39.7 Å². The van der Waals surface area contributed by atoms with Crippen molar-refractivity contribution in [3.63, 3.8) is 0 Å². The molecule has 3 aliphatic rings. The van der Waals surface area contributed by atoms with Crippen molar-refractivity contribution in [1.82, 2.24) is 0 Å². The molecule has 5 N–H and O–H groups in total. The average Bonchev–Trinajstić information content (AvgIpc) is 2.63. The van der Waals surface area contributed by atoms with Crippen LogP contribution in [0.2, 0.25) is 0 Å². The molecule has 0 bridgehead atoms. The highest BCUT2D eigenvalue weighted by atomic mass is 16.9. The Morgan fingerprint density at radius 3 is 2.73 bits per heavy atom. The van der Waals surface area contributed by atoms with Gasteiger partial charge in [-0.3, -0.25) is 4.74 Å². The van der Waals surface area contributed by atoms with Gasteiger partial charge in [0.2, 0.25) is 6.29 Å². The van der Waals surface area contributed by atoms with Gasteiger partial charge >= 0.3 is 11.9 Å². The SMILES string of the molecule is C=CC1C2=CCOC(=O)C2=COC1OC1(O)OC(CO)C(O)C(O)C1O. The van der Waals surface area contributed by atoms with Crippen molar-refractivity contribution in [1.29, 1.82) is 0 Å². The Labute approximate surface area is 148 Å². The first kappa shape index (κ1) is 19.0. The van der Waals surface area contributed by atoms with Crippen molar-refractivity contribution in [3.05, 3.63) is 36.1 Å². The summed E-state index contributed by atoms with van der Waals surface area (Å²) >= 11 is 0. The lowest BCUT2D eigenvalue weighted by Gasteiger charge is -2.46. The Balaban J connectivity index is 1.85. The fraction of sp³-hybridized carbons (Fsp3) is 0.562. The third-order valence-electron chi connectivity index (χ3n) is 4.49. The van der Waals surface area contributed by atoms with E-state index in [2.05, 4.69) is 6.58 Å². The van der Waals surface area contributed by atoms with Crippen LogP contribution in [0.5, 0.6) is 0 Å². The molecule has 0 aromatic heterocycles. The molecule has 1 fully saturated rings. The summed E-state index contributed by atoms with van der Waals surface area (Å²) in [7, 11) is 0. The van der Waals surface area contributed by atoms with Crippen LogP contribution in [0, 0.1) is 5.92 Å². The van der Waals surface area contributed by atoms with E-state index in [1.165, 1.54) is 6.08 Å². The molecule has 0 saturated carbocycles. The van der Waals surface area contributed by atoms with E-state index in [0.29, 0.717) is 5.57 Å². The first-order valence-electron chi connectivity index (χ1n) is 7.91. The van der Waals surface area contributed by atoms with Crippen LogP contribution in [0.25, 0.3) is 0 Å². The van der Waals surface area contributed by atoms with Crippen LogP contribution in [-0.2, 0) is 23.7 Å². The van der Waals surface area contributed by atoms with Gasteiger partial charge in [-0.25, -0.2) is 4.79 Å². The van der Waals surface area contributed by atoms with Gasteiger partial charge in [0.05, 0.1) is 18.1 Å². The molecule has 26 heavy (non-hydrogen) atoms. The summed E-state index contributed by atoms with van der Waals surface area (Å²) in [6.07, 6.45) is -4.08. The molecule has 0 amide bonds. The number of ether oxygens (including phenoxy) is 4. The molecular weight excluding hydrogens is 352 g/mol. The lowest BCUT2D eigenvalue weighted by molar-refractivity contribution is -0.473. The minimum absolute atomic E-state index is 0.0451. The van der Waals surface area contributed by atoms with E-state index in [1.807, 2.05) is 0 Å². The van der Waals surface area contributed by atoms with Crippen molar-refractivity contribution in [2.24, 2.45) is 5.92 Å². The topological polar surface area (TPSA) is 155 Å². The minimum Gasteiger partial charge on any atom is -0.470 e. The van der Waals surface area contributed by atoms with E-state index in [4.69, 9.17) is 18.9 Å². The van der Waals surface area contributed by atoms with Gasteiger partial charge in [0, 0.05) is 0 Å². The number of carbonyl (C=O) groups excluding carboxylic acids is 1. The van der Waals surface area contributed by atoms with Crippen LogP contribution in [0.15, 0.2) is 36.1 Å². The first-order valence-corrected chi connectivity index (χ1v) is 7.91. The molecule has 7 atom stereocenters. The van der Waals surface area contributed by atoms with Crippen LogP contribution in [-0.4, -0.2) is 81.4 Å². The maximum Gasteiger partial charge on any atom is 0.341 e. The quantitative estimate of drug-likeness (QED) is 0.206. The van der Waals surface area contributed by atoms with Crippen molar-refractivity contribution in [2.45, 2.75) is 36.7 Å². The van der Waals surface area contributed by atoms with Crippen molar-refractivity contribution < 1.29 is 49.3 Å². The van der Waals surface area contributed by atoms with E-state index in [9.17, 15) is 30.3 Å². The number of aliphatic hydroxyl groups is 5. The molecule has 0 aliphatic carbocycles. The Morgan fingerprint density at radius 2 is 2.08 bits per heavy atom. The number of fused-ring (bicyclic) bond motifs is 1. The Kier molecular flexibility index (Phi) is 5.17. The highest BCUT2D eigenvalue weighted by Crippen LogP contribution is 2.38. The molecule has 1 saturated heterocycles. The summed E-state index contributed by atoms with van der Waals surface area (Å²) in [5, 5.41) is 49.4. The summed E-state index contributed by atoms with van der Waals surface area (Å²) in [5.74, 6) is -4.09. The molecule has 0 aromatic rings. The third-order valence-corrected chi connectivity index (χ3v) is 4.49. The van der Waals surface area contributed by atoms with Crippen molar-refractivity contribution >= 4 is 5.97 Å². The molecular formula is C16H20O10. The zero-order valence-electron chi connectivity index (χ0n) is 13.6. The lowest BCUT2D eigenvalue weighted by atomic mass is 9.89. The molecule has 10 heteroatoms. The maximum absolute atomic E-state index is 11.8. The maximum atomic E-state index is 11.8. The van der Waals surface area contributed by atoms with E-state index in [1.54, 1.807) is 6.08 Å². The average molecular weight is 372 g/mol. The zero-order valence-corrected chi connectivity index (χ0v) is 13.6. The summed E-state index contributed by atoms with van der Waals surface area (Å²) in [6.45, 7) is 2.95. The number of aliphatic hydroxyl groups excluding tert-OH is 4. The monoisotopic (exact) mass is 372 g/mol. The molecule has 0 aromatic carbocycles. The molecule has 3 heterocycles. The molecule has 10 nitrogen and oxygen atoms in total. The predicted molar refractivity (Wildman–Crippen MR) is 81.7 cm³/mol. The van der Waals surface area contributed by atoms with Gasteiger partial charge in [0.25, 0.3) is 0 Å². The Hall–Kier alpha value is -1.79. The van der Waals surface area contributed by atoms with Crippen LogP contribution in [0.1, 0.15) is 0 Å². The second-order valence-electron chi connectivity index (χ2n) is 6.07. The summed E-state index contributed by atoms with van der Waals surface area (Å²) in [5.41, 5.74) is 0.669. The Morgan fingerprint density at radius 1 is 1.35 bits per heavy atom. The summed E-state index contributed by atoms with van der Waals surface area (Å²) in [4.78, 5) is 11.8. The smallest absolute Gasteiger partial charge is 0.341 e. The van der Waals surface area contributed by atoms with Crippen LogP contribution >= 0.6 is 0 Å². The standard InChI is InChI=1S/C16H20O10/c1-2-7-8-3-4-23-14(21)9(8)6-24-15(7)26-16(22)13(20)12(19)11(18)10(5-17)25-16/h2-3,6-7,10-13,15,17-20,22H,1,4-5H2. The fourth-order valence-electron chi connectivity index (χ4n) is 3.04. The van der Waals surface area contributed by atoms with Gasteiger partial charge in [-0.1, -0.05) is 6.08 Å². The third kappa shape index (κ3) is 3.05. The normalized spacial score (nSPS) is 42.7. The number of cyclic esters (lactones) is 1. The molecule has 3 rings (SSSR count). The predicted octanol–water partition coefficient (Wildman–Crippen LogP) is -2.35. The molecule has 0 radical (unpaired) electrons. The fourth-order valence-corrected chi connectivity index (χ4v) is 3.04. The number of esters is 1. The van der Waals surface area contributed by atoms with E-state index in [-0.39, 0.29) is 12.2 Å². The second-order valence-corrected chi connectivity index (χ2v) is 6.07. The molecule has 144 valence electrons. The summed E-state index contributed by atoms with van der Waals surface area (Å²) in [6, 6.07) is 0. The largest absolute Gasteiger partial charge is 0.470 e. The van der Waals surface area contributed by atoms with Crippen LogP contribution < -0.4 is 0 Å². The van der Waals surface area contributed by atoms with Crippen LogP contribution in [0.3, 0.4) is 0 Å². The Bertz CT molecular complexity index is 641. The number of hydrogen-bond donors (Lipinski definition) is 5. The molecule has 7 unspecified atom stereocenters. The van der Waals surface area contributed by atoms with Gasteiger partial charge in [0.1, 0.15) is 31.2 Å². The van der Waals surface area contributed by atoms with Gasteiger partial charge in [-0.15, -0.1) is 6.58 Å². The van der Waals surface area contributed by atoms with Crippen LogP contribution in [0.4, 0.5) is 0 Å². The molecule has 0 spiro atoms. The number of hydrogen-bond acceptors (Lipinski definition) is 10. The minimum atomic E-state index is -2.78. The van der Waals surface area contributed by atoms with Crippen molar-refractivity contribution in [2.75, 3.05) is 13.2 Å².